The van der Waals surface area contributed by atoms with Crippen molar-refractivity contribution >= 4 is 21.6 Å². The Morgan fingerprint density at radius 2 is 2.10 bits per heavy atom. The molecule has 0 bridgehead atoms. The summed E-state index contributed by atoms with van der Waals surface area (Å²) >= 11 is 1.65. The molecule has 0 saturated carbocycles. The molecular formula is C16H15FN2OS. The van der Waals surface area contributed by atoms with Gasteiger partial charge < -0.3 is 10.1 Å². The second-order valence-electron chi connectivity index (χ2n) is 4.69. The summed E-state index contributed by atoms with van der Waals surface area (Å²) in [5, 5.41) is 5.23. The molecule has 108 valence electrons. The molecule has 2 aromatic heterocycles. The van der Waals surface area contributed by atoms with E-state index < -0.39 is 0 Å². The zero-order valence-corrected chi connectivity index (χ0v) is 12.6. The molecule has 1 aromatic carbocycles. The number of aromatic nitrogens is 1. The van der Waals surface area contributed by atoms with Crippen molar-refractivity contribution in [3.63, 3.8) is 0 Å². The van der Waals surface area contributed by atoms with E-state index in [9.17, 15) is 4.39 Å². The normalized spacial score (nSPS) is 12.5. The highest BCUT2D eigenvalue weighted by atomic mass is 32.1. The van der Waals surface area contributed by atoms with E-state index >= 15 is 0 Å². The average molecular weight is 302 g/mol. The number of benzene rings is 1. The van der Waals surface area contributed by atoms with Crippen LogP contribution in [0.5, 0.6) is 5.75 Å². The highest BCUT2D eigenvalue weighted by molar-refractivity contribution is 7.17. The minimum absolute atomic E-state index is 0.107. The highest BCUT2D eigenvalue weighted by Gasteiger charge is 2.15. The van der Waals surface area contributed by atoms with Crippen molar-refractivity contribution in [1.29, 1.82) is 0 Å². The summed E-state index contributed by atoms with van der Waals surface area (Å²) in [7, 11) is 3.31. The number of nitrogens with one attached hydrogen (secondary N) is 1. The predicted octanol–water partition coefficient (Wildman–Crippen LogP) is 3.75. The third-order valence-corrected chi connectivity index (χ3v) is 4.31. The van der Waals surface area contributed by atoms with Crippen molar-refractivity contribution in [2.24, 2.45) is 0 Å². The number of fused-ring (bicyclic) bond motifs is 1. The summed E-state index contributed by atoms with van der Waals surface area (Å²) in [6, 6.07) is 8.98. The van der Waals surface area contributed by atoms with E-state index in [1.54, 1.807) is 17.4 Å². The summed E-state index contributed by atoms with van der Waals surface area (Å²) < 4.78 is 20.0. The number of ether oxygens (including phenoxy) is 1. The van der Waals surface area contributed by atoms with E-state index in [0.717, 1.165) is 21.3 Å². The minimum atomic E-state index is -0.361. The molecule has 21 heavy (non-hydrogen) atoms. The van der Waals surface area contributed by atoms with E-state index in [2.05, 4.69) is 16.4 Å². The van der Waals surface area contributed by atoms with Crippen LogP contribution in [0.4, 0.5) is 4.39 Å². The Bertz CT molecular complexity index is 772. The first-order chi connectivity index (χ1) is 10.2. The molecular weight excluding hydrogens is 287 g/mol. The smallest absolute Gasteiger partial charge is 0.165 e. The molecule has 0 aliphatic carbocycles. The minimum Gasteiger partial charge on any atom is -0.494 e. The van der Waals surface area contributed by atoms with Crippen molar-refractivity contribution in [3.05, 3.63) is 58.9 Å². The number of rotatable bonds is 4. The first kappa shape index (κ1) is 14.0. The molecule has 3 rings (SSSR count). The van der Waals surface area contributed by atoms with Crippen LogP contribution in [0.2, 0.25) is 0 Å². The van der Waals surface area contributed by atoms with Crippen LogP contribution in [-0.4, -0.2) is 19.1 Å². The Kier molecular flexibility index (Phi) is 3.86. The van der Waals surface area contributed by atoms with Crippen molar-refractivity contribution in [2.45, 2.75) is 6.04 Å². The maximum absolute atomic E-state index is 13.9. The predicted molar refractivity (Wildman–Crippen MR) is 83.5 cm³/mol. The summed E-state index contributed by atoms with van der Waals surface area (Å²) in [6.07, 6.45) is 1.83. The Morgan fingerprint density at radius 1 is 1.24 bits per heavy atom. The molecule has 0 spiro atoms. The van der Waals surface area contributed by atoms with Gasteiger partial charge in [0.2, 0.25) is 0 Å². The van der Waals surface area contributed by atoms with Crippen LogP contribution in [0.15, 0.2) is 41.9 Å². The molecule has 3 aromatic rings. The molecule has 1 unspecified atom stereocenters. The van der Waals surface area contributed by atoms with Gasteiger partial charge in [-0.1, -0.05) is 6.07 Å². The number of nitrogens with zero attached hydrogens (tertiary/aromatic N) is 1. The number of pyridine rings is 1. The topological polar surface area (TPSA) is 34.1 Å². The van der Waals surface area contributed by atoms with Crippen LogP contribution >= 0.6 is 11.3 Å². The van der Waals surface area contributed by atoms with Gasteiger partial charge in [-0.15, -0.1) is 11.3 Å². The van der Waals surface area contributed by atoms with Crippen molar-refractivity contribution in [2.75, 3.05) is 14.2 Å². The van der Waals surface area contributed by atoms with Crippen LogP contribution in [0.1, 0.15) is 17.2 Å². The number of hydrogen-bond acceptors (Lipinski definition) is 4. The average Bonchev–Trinajstić information content (AvgIpc) is 2.96. The standard InChI is InChI=1S/C16H15FN2OS/c1-18-16(10-3-4-14(20-2)12(17)7-10)11-8-15-13(19-9-11)5-6-21-15/h3-9,16,18H,1-2H3. The van der Waals surface area contributed by atoms with Crippen LogP contribution in [0, 0.1) is 5.82 Å². The third kappa shape index (κ3) is 2.62. The van der Waals surface area contributed by atoms with Crippen LogP contribution in [0.25, 0.3) is 10.2 Å². The van der Waals surface area contributed by atoms with Crippen molar-refractivity contribution in [3.8, 4) is 5.75 Å². The van der Waals surface area contributed by atoms with Gasteiger partial charge in [0.15, 0.2) is 11.6 Å². The summed E-state index contributed by atoms with van der Waals surface area (Å²) in [5.41, 5.74) is 2.84. The Morgan fingerprint density at radius 3 is 2.81 bits per heavy atom. The van der Waals surface area contributed by atoms with E-state index in [0.29, 0.717) is 0 Å². The number of thiophene rings is 1. The Hall–Kier alpha value is -1.98. The lowest BCUT2D eigenvalue weighted by atomic mass is 10.00. The van der Waals surface area contributed by atoms with Crippen molar-refractivity contribution < 1.29 is 9.13 Å². The molecule has 0 fully saturated rings. The second kappa shape index (κ2) is 5.79. The molecule has 0 amide bonds. The number of hydrogen-bond donors (Lipinski definition) is 1. The van der Waals surface area contributed by atoms with Gasteiger partial charge in [-0.3, -0.25) is 4.98 Å². The molecule has 1 N–H and O–H groups in total. The highest BCUT2D eigenvalue weighted by Crippen LogP contribution is 2.28. The summed E-state index contributed by atoms with van der Waals surface area (Å²) in [5.74, 6) is -0.110. The summed E-state index contributed by atoms with van der Waals surface area (Å²) in [6.45, 7) is 0. The quantitative estimate of drug-likeness (QED) is 0.797. The van der Waals surface area contributed by atoms with Crippen LogP contribution < -0.4 is 10.1 Å². The lowest BCUT2D eigenvalue weighted by Crippen LogP contribution is -2.18. The van der Waals surface area contributed by atoms with Crippen LogP contribution in [-0.2, 0) is 0 Å². The van der Waals surface area contributed by atoms with Crippen LogP contribution in [0.3, 0.4) is 0 Å². The largest absolute Gasteiger partial charge is 0.494 e. The number of halogens is 1. The van der Waals surface area contributed by atoms with E-state index in [1.807, 2.05) is 30.8 Å². The lowest BCUT2D eigenvalue weighted by Gasteiger charge is -2.17. The fourth-order valence-corrected chi connectivity index (χ4v) is 3.20. The number of methoxy groups -OCH3 is 1. The van der Waals surface area contributed by atoms with Gasteiger partial charge in [0.1, 0.15) is 0 Å². The van der Waals surface area contributed by atoms with Gasteiger partial charge in [-0.2, -0.15) is 0 Å². The molecule has 5 heteroatoms. The summed E-state index contributed by atoms with van der Waals surface area (Å²) in [4.78, 5) is 4.44. The molecule has 1 atom stereocenters. The monoisotopic (exact) mass is 302 g/mol. The fraction of sp³-hybridized carbons (Fsp3) is 0.188. The Balaban J connectivity index is 2.02. The van der Waals surface area contributed by atoms with Gasteiger partial charge >= 0.3 is 0 Å². The molecule has 0 radical (unpaired) electrons. The third-order valence-electron chi connectivity index (χ3n) is 3.46. The first-order valence-corrected chi connectivity index (χ1v) is 7.44. The molecule has 0 saturated heterocycles. The van der Waals surface area contributed by atoms with E-state index in [-0.39, 0.29) is 17.6 Å². The molecule has 2 heterocycles. The van der Waals surface area contributed by atoms with Crippen molar-refractivity contribution in [1.82, 2.24) is 10.3 Å². The van der Waals surface area contributed by atoms with Gasteiger partial charge in [-0.05, 0) is 47.8 Å². The van der Waals surface area contributed by atoms with Gasteiger partial charge in [-0.25, -0.2) is 4.39 Å². The zero-order chi connectivity index (χ0) is 14.8. The van der Waals surface area contributed by atoms with Gasteiger partial charge in [0, 0.05) is 6.20 Å². The van der Waals surface area contributed by atoms with Gasteiger partial charge in [0.05, 0.1) is 23.4 Å². The maximum atomic E-state index is 13.9. The zero-order valence-electron chi connectivity index (χ0n) is 11.8. The molecule has 3 nitrogen and oxygen atoms in total. The first-order valence-electron chi connectivity index (χ1n) is 6.57. The maximum Gasteiger partial charge on any atom is 0.165 e. The lowest BCUT2D eigenvalue weighted by molar-refractivity contribution is 0.386. The van der Waals surface area contributed by atoms with Gasteiger partial charge in [0.25, 0.3) is 0 Å². The second-order valence-corrected chi connectivity index (χ2v) is 5.64. The fourth-order valence-electron chi connectivity index (χ4n) is 2.41. The Labute approximate surface area is 126 Å². The van der Waals surface area contributed by atoms with E-state index in [1.165, 1.54) is 13.2 Å². The molecule has 0 aliphatic heterocycles. The SMILES string of the molecule is CNC(c1ccc(OC)c(F)c1)c1cnc2ccsc2c1. The van der Waals surface area contributed by atoms with E-state index in [4.69, 9.17) is 4.74 Å². The molecule has 0 aliphatic rings.